The molecule has 0 aromatic heterocycles. The van der Waals surface area contributed by atoms with E-state index in [9.17, 15) is 0 Å². The summed E-state index contributed by atoms with van der Waals surface area (Å²) in [6.45, 7) is 6.94. The molecule has 0 saturated carbocycles. The summed E-state index contributed by atoms with van der Waals surface area (Å²) in [4.78, 5) is 0. The van der Waals surface area contributed by atoms with Gasteiger partial charge < -0.3 is 0 Å². The van der Waals surface area contributed by atoms with E-state index >= 15 is 0 Å². The maximum absolute atomic E-state index is 2.33. The third-order valence-corrected chi connectivity index (χ3v) is 4.81. The van der Waals surface area contributed by atoms with Crippen LogP contribution in [0.15, 0.2) is 0 Å². The Kier molecular flexibility index (Phi) is 13.4. The van der Waals surface area contributed by atoms with E-state index in [1.165, 1.54) is 24.6 Å². The molecule has 2 radical (unpaired) electrons. The minimum Gasteiger partial charge on any atom is -0.0680 e. The van der Waals surface area contributed by atoms with Crippen LogP contribution in [0.1, 0.15) is 27.2 Å². The van der Waals surface area contributed by atoms with E-state index in [1.807, 2.05) is 0 Å². The Balaban J connectivity index is 0. The third kappa shape index (κ3) is 7.22. The van der Waals surface area contributed by atoms with E-state index in [2.05, 4.69) is 20.8 Å². The second-order valence-corrected chi connectivity index (χ2v) is 5.62. The Morgan fingerprint density at radius 1 is 1.00 bits per heavy atom. The number of rotatable bonds is 4. The molecule has 0 bridgehead atoms. The van der Waals surface area contributed by atoms with Gasteiger partial charge in [0.1, 0.15) is 0 Å². The molecule has 0 aliphatic heterocycles. The Bertz CT molecular complexity index is 44.2. The summed E-state index contributed by atoms with van der Waals surface area (Å²) in [5.74, 6) is 0. The van der Waals surface area contributed by atoms with E-state index in [0.717, 1.165) is 0 Å². The maximum Gasteiger partial charge on any atom is 0.0473 e. The van der Waals surface area contributed by atoms with Crippen molar-refractivity contribution >= 4 is 8.80 Å². The fraction of sp³-hybridized carbons (Fsp3) is 1.00. The van der Waals surface area contributed by atoms with E-state index in [-0.39, 0.29) is 41.5 Å². The van der Waals surface area contributed by atoms with Crippen LogP contribution in [0.5, 0.6) is 0 Å². The van der Waals surface area contributed by atoms with Crippen molar-refractivity contribution in [3.8, 4) is 0 Å². The second-order valence-electron chi connectivity index (χ2n) is 2.21. The van der Waals surface area contributed by atoms with Gasteiger partial charge in [-0.25, -0.2) is 0 Å². The Hall–Kier alpha value is 1.32. The van der Waals surface area contributed by atoms with Crippen LogP contribution < -0.4 is 0 Å². The molecule has 52 valence electrons. The van der Waals surface area contributed by atoms with Gasteiger partial charge in [0.2, 0.25) is 0 Å². The Labute approximate surface area is 86.3 Å². The fourth-order valence-electron chi connectivity index (χ4n) is 0.957. The summed E-state index contributed by atoms with van der Waals surface area (Å²) in [5, 5.41) is 0. The summed E-state index contributed by atoms with van der Waals surface area (Å²) in [5.41, 5.74) is 0. The van der Waals surface area contributed by atoms with Crippen molar-refractivity contribution in [2.45, 2.75) is 45.3 Å². The van der Waals surface area contributed by atoms with Gasteiger partial charge in [-0.05, 0) is 0 Å². The first kappa shape index (κ1) is 13.0. The first-order valence-electron chi connectivity index (χ1n) is 3.68. The van der Waals surface area contributed by atoms with Gasteiger partial charge in [-0.1, -0.05) is 45.3 Å². The predicted molar refractivity (Wildman–Crippen MR) is 41.8 cm³/mol. The second kappa shape index (κ2) is 9.32. The number of hydrogen-bond donors (Lipinski definition) is 0. The van der Waals surface area contributed by atoms with Crippen LogP contribution in [0.3, 0.4) is 0 Å². The summed E-state index contributed by atoms with van der Waals surface area (Å²) in [6.07, 6.45) is 1.40. The van der Waals surface area contributed by atoms with Crippen molar-refractivity contribution in [3.63, 3.8) is 0 Å². The predicted octanol–water partition coefficient (Wildman–Crippen LogP) is 2.93. The van der Waals surface area contributed by atoms with Gasteiger partial charge in [-0.15, -0.1) is 0 Å². The molecule has 0 saturated heterocycles. The average molecular weight is 218 g/mol. The smallest absolute Gasteiger partial charge is 0.0473 e. The minimum absolute atomic E-state index is 0. The first-order valence-corrected chi connectivity index (χ1v) is 5.80. The van der Waals surface area contributed by atoms with Crippen molar-refractivity contribution in [2.24, 2.45) is 0 Å². The van der Waals surface area contributed by atoms with Gasteiger partial charge in [0.15, 0.2) is 0 Å². The molecule has 2 heteroatoms. The van der Waals surface area contributed by atoms with Crippen molar-refractivity contribution in [2.75, 3.05) is 0 Å². The minimum atomic E-state index is 0. The third-order valence-electron chi connectivity index (χ3n) is 1.60. The average Bonchev–Trinajstić information content (AvgIpc) is 1.83. The Morgan fingerprint density at radius 3 is 1.56 bits per heavy atom. The molecular formula is C7H17SiY. The van der Waals surface area contributed by atoms with Crippen molar-refractivity contribution in [1.29, 1.82) is 0 Å². The van der Waals surface area contributed by atoms with Crippen LogP contribution in [0.2, 0.25) is 18.1 Å². The van der Waals surface area contributed by atoms with Gasteiger partial charge in [0, 0.05) is 41.5 Å². The number of hydrogen-bond acceptors (Lipinski definition) is 0. The molecule has 0 fully saturated rings. The molecule has 0 aromatic rings. The maximum atomic E-state index is 2.33. The van der Waals surface area contributed by atoms with Crippen LogP contribution in [0.25, 0.3) is 0 Å². The Morgan fingerprint density at radius 2 is 1.44 bits per heavy atom. The van der Waals surface area contributed by atoms with Crippen LogP contribution >= 0.6 is 0 Å². The molecule has 0 N–H and O–H groups in total. The monoisotopic (exact) mass is 218 g/mol. The fourth-order valence-corrected chi connectivity index (χ4v) is 2.87. The normalized spacial score (nSPS) is 9.33. The summed E-state index contributed by atoms with van der Waals surface area (Å²) in [7, 11) is 0.126. The SMILES string of the molecule is CCC[Si](CC)CC.[Y]. The zero-order valence-corrected chi connectivity index (χ0v) is 10.7. The molecule has 9 heavy (non-hydrogen) atoms. The first-order chi connectivity index (χ1) is 3.85. The van der Waals surface area contributed by atoms with E-state index < -0.39 is 0 Å². The van der Waals surface area contributed by atoms with E-state index in [0.29, 0.717) is 0 Å². The molecule has 0 aromatic carbocycles. The van der Waals surface area contributed by atoms with Gasteiger partial charge >= 0.3 is 0 Å². The summed E-state index contributed by atoms with van der Waals surface area (Å²) < 4.78 is 0. The molecule has 0 spiro atoms. The van der Waals surface area contributed by atoms with Crippen LogP contribution in [-0.2, 0) is 32.7 Å². The molecule has 0 aliphatic rings. The molecule has 0 rings (SSSR count). The van der Waals surface area contributed by atoms with Gasteiger partial charge in [0.05, 0.1) is 0 Å². The molecule has 0 atom stereocenters. The van der Waals surface area contributed by atoms with Gasteiger partial charge in [-0.2, -0.15) is 0 Å². The molecule has 0 unspecified atom stereocenters. The van der Waals surface area contributed by atoms with E-state index in [4.69, 9.17) is 0 Å². The van der Waals surface area contributed by atoms with Crippen LogP contribution in [0.4, 0.5) is 0 Å². The topological polar surface area (TPSA) is 0 Å². The van der Waals surface area contributed by atoms with Crippen molar-refractivity contribution < 1.29 is 32.7 Å². The molecule has 0 heterocycles. The van der Waals surface area contributed by atoms with Crippen molar-refractivity contribution in [3.05, 3.63) is 0 Å². The standard InChI is InChI=1S/C7H17Si.Y/c1-4-7-8(5-2)6-3;/h4-7H2,1-3H3;. The zero-order valence-electron chi connectivity index (χ0n) is 6.91. The van der Waals surface area contributed by atoms with Crippen LogP contribution in [-0.4, -0.2) is 8.80 Å². The molecule has 0 amide bonds. The molecular weight excluding hydrogens is 201 g/mol. The molecule has 0 nitrogen and oxygen atoms in total. The molecule has 0 aliphatic carbocycles. The van der Waals surface area contributed by atoms with E-state index in [1.54, 1.807) is 0 Å². The van der Waals surface area contributed by atoms with Crippen molar-refractivity contribution in [1.82, 2.24) is 0 Å². The summed E-state index contributed by atoms with van der Waals surface area (Å²) >= 11 is 0. The quantitative estimate of drug-likeness (QED) is 0.636. The van der Waals surface area contributed by atoms with Gasteiger partial charge in [-0.3, -0.25) is 0 Å². The van der Waals surface area contributed by atoms with Gasteiger partial charge in [0.25, 0.3) is 0 Å². The largest absolute Gasteiger partial charge is 0.0680 e. The van der Waals surface area contributed by atoms with Crippen LogP contribution in [0, 0.1) is 0 Å². The summed E-state index contributed by atoms with van der Waals surface area (Å²) in [6, 6.07) is 4.46. The zero-order chi connectivity index (χ0) is 6.41.